The number of ketones is 6. The smallest absolute Gasteiger partial charge is 0.199 e. The maximum absolute atomic E-state index is 15.4. The molecule has 21 nitrogen and oxygen atoms in total. The van der Waals surface area contributed by atoms with Crippen LogP contribution in [-0.2, 0) is 0 Å². The number of carbonyl (C=O) groups excluding carboxylic acids is 6. The molecular formula is C48H40O21. The summed E-state index contributed by atoms with van der Waals surface area (Å²) in [5, 5.41) is 134. The Bertz CT molecular complexity index is 3240. The fourth-order valence-electron chi connectivity index (χ4n) is 10.3. The number of Topliss-reactive ketones (excluding diaryl/α,β-unsaturated/α-hetero) is 4. The lowest BCUT2D eigenvalue weighted by Crippen LogP contribution is -2.61. The predicted molar refractivity (Wildman–Crippen MR) is 230 cm³/mol. The van der Waals surface area contributed by atoms with E-state index < -0.39 is 212 Å². The van der Waals surface area contributed by atoms with Crippen molar-refractivity contribution in [2.24, 2.45) is 0 Å². The third-order valence-corrected chi connectivity index (χ3v) is 13.9. The second-order valence-corrected chi connectivity index (χ2v) is 17.7. The third kappa shape index (κ3) is 5.74. The zero-order valence-electron chi connectivity index (χ0n) is 36.8. The minimum atomic E-state index is -2.66. The van der Waals surface area contributed by atoms with Crippen molar-refractivity contribution in [1.29, 1.82) is 0 Å². The molecule has 5 aliphatic rings. The molecule has 0 saturated carbocycles. The van der Waals surface area contributed by atoms with Gasteiger partial charge >= 0.3 is 0 Å². The highest BCUT2D eigenvalue weighted by Crippen LogP contribution is 2.57. The first-order valence-corrected chi connectivity index (χ1v) is 20.7. The summed E-state index contributed by atoms with van der Waals surface area (Å²) in [6.45, 7) is 3.01. The summed E-state index contributed by atoms with van der Waals surface area (Å²) < 4.78 is 16.7. The molecule has 4 aromatic carbocycles. The van der Waals surface area contributed by atoms with Gasteiger partial charge in [-0.25, -0.2) is 0 Å². The van der Waals surface area contributed by atoms with Crippen LogP contribution >= 0.6 is 0 Å². The normalized spacial score (nSPS) is 27.1. The Balaban J connectivity index is 1.35. The minimum absolute atomic E-state index is 0.196. The van der Waals surface area contributed by atoms with Gasteiger partial charge in [0.2, 0.25) is 0 Å². The molecule has 0 fully saturated rings. The van der Waals surface area contributed by atoms with Gasteiger partial charge in [0.1, 0.15) is 88.1 Å². The van der Waals surface area contributed by atoms with E-state index in [2.05, 4.69) is 0 Å². The number of aryl methyl sites for hydroxylation is 1. The monoisotopic (exact) mass is 952 g/mol. The number of benzene rings is 4. The number of phenols is 4. The number of rotatable bonds is 5. The number of carbonyl (C=O) groups is 6. The van der Waals surface area contributed by atoms with Crippen molar-refractivity contribution in [3.63, 3.8) is 0 Å². The van der Waals surface area contributed by atoms with Crippen LogP contribution in [0.2, 0.25) is 0 Å². The maximum Gasteiger partial charge on any atom is 0.199 e. The lowest BCUT2D eigenvalue weighted by atomic mass is 9.66. The third-order valence-electron chi connectivity index (χ3n) is 13.9. The number of hydrogen-bond donors (Lipinski definition) is 12. The summed E-state index contributed by atoms with van der Waals surface area (Å²) in [7, 11) is 3.14. The van der Waals surface area contributed by atoms with E-state index in [0.29, 0.717) is 0 Å². The van der Waals surface area contributed by atoms with Crippen LogP contribution in [0.5, 0.6) is 40.2 Å². The summed E-state index contributed by atoms with van der Waals surface area (Å²) in [6.07, 6.45) is -13.7. The molecule has 9 rings (SSSR count). The van der Waals surface area contributed by atoms with E-state index in [1.54, 1.807) is 0 Å². The summed E-state index contributed by atoms with van der Waals surface area (Å²) in [5.41, 5.74) is -17.9. The topological polar surface area (TPSA) is 373 Å². The first kappa shape index (κ1) is 46.8. The molecule has 8 unspecified atom stereocenters. The van der Waals surface area contributed by atoms with E-state index in [4.69, 9.17) is 14.2 Å². The first-order valence-electron chi connectivity index (χ1n) is 20.7. The average Bonchev–Trinajstić information content (AvgIpc) is 3.30. The largest absolute Gasteiger partial charge is 0.507 e. The summed E-state index contributed by atoms with van der Waals surface area (Å²) in [6, 6.07) is 3.51. The standard InChI is InChI=1S/C48H40O21/c1-11-7-12-19(26(34(11)52)25-18(69-6)10-15(51)22-29(25)40(58)33-31(38(22)56)42(60)46(64)48(3,66)44(33)62)36(54)20-13(49)8-16(67-4)23(27(20)35(12)53)24-17(68-5)9-14(50)21-28(24)39(57)32-30(37(21)55)41(59)45(63)47(2,65)43(32)61/h7-10,41-46,49-52,59-66H,1-6H3. The second-order valence-electron chi connectivity index (χ2n) is 17.7. The molecule has 0 saturated heterocycles. The zero-order valence-corrected chi connectivity index (χ0v) is 36.8. The Morgan fingerprint density at radius 2 is 0.739 bits per heavy atom. The molecule has 0 spiro atoms. The highest BCUT2D eigenvalue weighted by molar-refractivity contribution is 6.37. The van der Waals surface area contributed by atoms with Gasteiger partial charge in [0.25, 0.3) is 0 Å². The van der Waals surface area contributed by atoms with Gasteiger partial charge in [-0.15, -0.1) is 0 Å². The molecule has 4 aromatic rings. The van der Waals surface area contributed by atoms with Crippen molar-refractivity contribution >= 4 is 34.7 Å². The number of methoxy groups -OCH3 is 3. The Morgan fingerprint density at radius 1 is 0.420 bits per heavy atom. The summed E-state index contributed by atoms with van der Waals surface area (Å²) in [5.74, 6) is -13.0. The van der Waals surface area contributed by atoms with Gasteiger partial charge in [-0.1, -0.05) is 0 Å². The molecule has 0 bridgehead atoms. The molecule has 0 aromatic heterocycles. The van der Waals surface area contributed by atoms with E-state index in [1.165, 1.54) is 6.92 Å². The van der Waals surface area contributed by atoms with Crippen LogP contribution in [0.1, 0.15) is 92.7 Å². The number of ether oxygens (including phenoxy) is 3. The van der Waals surface area contributed by atoms with Crippen LogP contribution in [0.4, 0.5) is 0 Å². The van der Waals surface area contributed by atoms with Crippen LogP contribution < -0.4 is 14.2 Å². The zero-order chi connectivity index (χ0) is 50.7. The number of aromatic hydroxyl groups is 4. The Labute approximate surface area is 387 Å². The van der Waals surface area contributed by atoms with E-state index in [-0.39, 0.29) is 5.56 Å². The van der Waals surface area contributed by atoms with Crippen molar-refractivity contribution in [1.82, 2.24) is 0 Å². The van der Waals surface area contributed by atoms with E-state index in [1.807, 2.05) is 0 Å². The molecule has 21 heteroatoms. The van der Waals surface area contributed by atoms with Crippen LogP contribution in [0, 0.1) is 6.92 Å². The minimum Gasteiger partial charge on any atom is -0.507 e. The van der Waals surface area contributed by atoms with Gasteiger partial charge in [0.05, 0.1) is 38.0 Å². The lowest BCUT2D eigenvalue weighted by Gasteiger charge is -2.44. The van der Waals surface area contributed by atoms with Crippen molar-refractivity contribution in [2.75, 3.05) is 21.3 Å². The van der Waals surface area contributed by atoms with Gasteiger partial charge in [0.15, 0.2) is 34.7 Å². The maximum atomic E-state index is 15.4. The molecule has 0 radical (unpaired) electrons. The first-order chi connectivity index (χ1) is 32.2. The van der Waals surface area contributed by atoms with Crippen LogP contribution in [0.25, 0.3) is 22.3 Å². The molecule has 0 aliphatic heterocycles. The molecule has 12 N–H and O–H groups in total. The Kier molecular flexibility index (Phi) is 10.2. The number of aliphatic hydroxyl groups excluding tert-OH is 6. The predicted octanol–water partition coefficient (Wildman–Crippen LogP) is -0.00158. The highest BCUT2D eigenvalue weighted by Gasteiger charge is 2.58. The van der Waals surface area contributed by atoms with Crippen molar-refractivity contribution in [3.8, 4) is 62.5 Å². The molecule has 0 amide bonds. The van der Waals surface area contributed by atoms with Crippen molar-refractivity contribution in [2.45, 2.75) is 68.6 Å². The lowest BCUT2D eigenvalue weighted by molar-refractivity contribution is -0.158. The van der Waals surface area contributed by atoms with E-state index >= 15 is 9.59 Å². The van der Waals surface area contributed by atoms with Crippen LogP contribution in [0.15, 0.2) is 46.6 Å². The fourth-order valence-corrected chi connectivity index (χ4v) is 10.3. The molecule has 69 heavy (non-hydrogen) atoms. The van der Waals surface area contributed by atoms with Gasteiger partial charge in [0, 0.05) is 90.6 Å². The highest BCUT2D eigenvalue weighted by atomic mass is 16.5. The number of fused-ring (bicyclic) bond motifs is 4. The SMILES string of the molecule is COc1cc(O)c2c(c1-c1c(OC)cc(O)c3c1C(=O)c1cc(C)c(O)c(-c4c(OC)cc(O)c5c4C(=O)C4=C(C5=O)C(O)C(O)C(C)(O)C4O)c1C3=O)C(=O)C1=C(C2=O)C(O)C(O)C(C)(O)C1O. The van der Waals surface area contributed by atoms with E-state index in [0.717, 1.165) is 59.4 Å². The second kappa shape index (κ2) is 15.1. The number of aliphatic hydroxyl groups is 8. The van der Waals surface area contributed by atoms with Crippen LogP contribution in [0.3, 0.4) is 0 Å². The van der Waals surface area contributed by atoms with Crippen molar-refractivity contribution in [3.05, 3.63) is 96.6 Å². The number of hydrogen-bond acceptors (Lipinski definition) is 21. The molecule has 5 aliphatic carbocycles. The van der Waals surface area contributed by atoms with Crippen molar-refractivity contribution < 1.29 is 104 Å². The molecule has 358 valence electrons. The van der Waals surface area contributed by atoms with Gasteiger partial charge < -0.3 is 75.5 Å². The van der Waals surface area contributed by atoms with Gasteiger partial charge in [-0.05, 0) is 32.4 Å². The molecule has 8 atom stereocenters. The Morgan fingerprint density at radius 3 is 1.10 bits per heavy atom. The Hall–Kier alpha value is -7.34. The quantitative estimate of drug-likeness (QED) is 0.110. The van der Waals surface area contributed by atoms with Gasteiger partial charge in [-0.3, -0.25) is 28.8 Å². The fraction of sp³-hybridized carbons (Fsp3) is 0.292. The number of phenolic OH excluding ortho intramolecular Hbond substituents is 4. The molecule has 0 heterocycles. The van der Waals surface area contributed by atoms with Gasteiger partial charge in [-0.2, -0.15) is 0 Å². The summed E-state index contributed by atoms with van der Waals surface area (Å²) in [4.78, 5) is 88.9. The van der Waals surface area contributed by atoms with Crippen LogP contribution in [-0.4, -0.2) is 165 Å². The molecular weight excluding hydrogens is 913 g/mol. The average molecular weight is 953 g/mol. The van der Waals surface area contributed by atoms with E-state index in [9.17, 15) is 80.5 Å². The summed E-state index contributed by atoms with van der Waals surface area (Å²) >= 11 is 0.